The molecule has 0 radical (unpaired) electrons. The number of ether oxygens (including phenoxy) is 1. The van der Waals surface area contributed by atoms with Crippen LogP contribution in [-0.2, 0) is 22.4 Å². The van der Waals surface area contributed by atoms with E-state index in [-0.39, 0.29) is 39.2 Å². The van der Waals surface area contributed by atoms with Crippen LogP contribution in [0.1, 0.15) is 30.8 Å². The van der Waals surface area contributed by atoms with Gasteiger partial charge in [0.25, 0.3) is 0 Å². The molecule has 1 aromatic heterocycles. The van der Waals surface area contributed by atoms with E-state index in [0.29, 0.717) is 0 Å². The number of hydrogen-bond acceptors (Lipinski definition) is 6. The second-order valence-corrected chi connectivity index (χ2v) is 9.57. The summed E-state index contributed by atoms with van der Waals surface area (Å²) in [4.78, 5) is -0.00307. The van der Waals surface area contributed by atoms with Crippen LogP contribution < -0.4 is 4.74 Å². The summed E-state index contributed by atoms with van der Waals surface area (Å²) < 4.78 is 70.0. The van der Waals surface area contributed by atoms with Gasteiger partial charge in [-0.2, -0.15) is 18.4 Å². The van der Waals surface area contributed by atoms with Gasteiger partial charge in [-0.25, -0.2) is 8.42 Å². The Labute approximate surface area is 175 Å². The summed E-state index contributed by atoms with van der Waals surface area (Å²) in [5, 5.41) is 12.4. The summed E-state index contributed by atoms with van der Waals surface area (Å²) in [7, 11) is -3.56. The lowest BCUT2D eigenvalue weighted by atomic mass is 10.1. The molecule has 0 aliphatic heterocycles. The van der Waals surface area contributed by atoms with Crippen LogP contribution in [0.15, 0.2) is 41.3 Å². The average Bonchev–Trinajstić information content (AvgIpc) is 3.15. The van der Waals surface area contributed by atoms with E-state index in [1.165, 1.54) is 38.1 Å². The molecule has 12 heteroatoms. The molecule has 1 heterocycles. The molecule has 0 fully saturated rings. The predicted octanol–water partition coefficient (Wildman–Crippen LogP) is 4.44. The fourth-order valence-electron chi connectivity index (χ4n) is 2.57. The van der Waals surface area contributed by atoms with E-state index in [1.54, 1.807) is 0 Å². The van der Waals surface area contributed by atoms with Gasteiger partial charge in [0.2, 0.25) is 0 Å². The third-order valence-corrected chi connectivity index (χ3v) is 6.57. The Bertz CT molecular complexity index is 1150. The number of nitrogens with zero attached hydrogens (tertiary/aromatic N) is 3. The number of H-pyrrole nitrogens is 1. The number of aromatic amines is 1. The summed E-state index contributed by atoms with van der Waals surface area (Å²) in [6.45, 7) is 3.06. The van der Waals surface area contributed by atoms with E-state index in [9.17, 15) is 21.6 Å². The molecule has 160 valence electrons. The molecule has 3 rings (SSSR count). The zero-order chi connectivity index (χ0) is 22.1. The largest absolute Gasteiger partial charge is 0.456 e. The van der Waals surface area contributed by atoms with Gasteiger partial charge in [0, 0.05) is 6.42 Å². The maximum atomic E-state index is 13.3. The Morgan fingerprint density at radius 2 is 1.90 bits per heavy atom. The van der Waals surface area contributed by atoms with Crippen molar-refractivity contribution >= 4 is 21.4 Å². The van der Waals surface area contributed by atoms with E-state index in [1.807, 2.05) is 0 Å². The molecule has 7 nitrogen and oxygen atoms in total. The monoisotopic (exact) mass is 460 g/mol. The quantitative estimate of drug-likeness (QED) is 0.584. The first-order valence-corrected chi connectivity index (χ1v) is 10.5. The first-order chi connectivity index (χ1) is 14.0. The molecule has 1 N–H and O–H groups in total. The summed E-state index contributed by atoms with van der Waals surface area (Å²) in [5.41, 5.74) is -0.676. The van der Waals surface area contributed by atoms with Crippen LogP contribution in [0.3, 0.4) is 0 Å². The van der Waals surface area contributed by atoms with E-state index in [0.717, 1.165) is 12.1 Å². The zero-order valence-electron chi connectivity index (χ0n) is 15.7. The van der Waals surface area contributed by atoms with Crippen LogP contribution in [0, 0.1) is 0 Å². The predicted molar refractivity (Wildman–Crippen MR) is 102 cm³/mol. The molecule has 0 atom stereocenters. The number of tetrazole rings is 1. The first kappa shape index (κ1) is 22.0. The van der Waals surface area contributed by atoms with E-state index < -0.39 is 26.8 Å². The number of benzene rings is 2. The van der Waals surface area contributed by atoms with Crippen molar-refractivity contribution in [2.24, 2.45) is 0 Å². The number of aromatic nitrogens is 4. The lowest BCUT2D eigenvalue weighted by Crippen LogP contribution is -2.13. The zero-order valence-corrected chi connectivity index (χ0v) is 17.3. The lowest BCUT2D eigenvalue weighted by Gasteiger charge is -2.14. The molecule has 0 amide bonds. The SMILES string of the molecule is CC(C)S(=O)(=O)c1ccc(Oc2cc(Cc3nn[nH]n3)cc(C(F)(F)F)c2)c(Cl)c1. The lowest BCUT2D eigenvalue weighted by molar-refractivity contribution is -0.137. The number of nitrogens with one attached hydrogen (secondary N) is 1. The van der Waals surface area contributed by atoms with Crippen molar-refractivity contribution in [3.63, 3.8) is 0 Å². The summed E-state index contributed by atoms with van der Waals surface area (Å²) in [5.74, 6) is 0.107. The second-order valence-electron chi connectivity index (χ2n) is 6.66. The second kappa shape index (κ2) is 8.23. The van der Waals surface area contributed by atoms with Crippen molar-refractivity contribution in [2.75, 3.05) is 0 Å². The third kappa shape index (κ3) is 4.90. The fourth-order valence-corrected chi connectivity index (χ4v) is 3.93. The van der Waals surface area contributed by atoms with Crippen LogP contribution in [-0.4, -0.2) is 34.3 Å². The minimum Gasteiger partial charge on any atom is -0.456 e. The van der Waals surface area contributed by atoms with Crippen molar-refractivity contribution < 1.29 is 26.3 Å². The summed E-state index contributed by atoms with van der Waals surface area (Å²) >= 11 is 6.13. The number of halogens is 4. The van der Waals surface area contributed by atoms with Crippen LogP contribution in [0.2, 0.25) is 5.02 Å². The number of hydrogen-bond donors (Lipinski definition) is 1. The highest BCUT2D eigenvalue weighted by Crippen LogP contribution is 2.37. The first-order valence-electron chi connectivity index (χ1n) is 8.61. The number of sulfone groups is 1. The molecule has 0 spiro atoms. The minimum atomic E-state index is -4.61. The maximum Gasteiger partial charge on any atom is 0.416 e. The molecule has 0 aliphatic carbocycles. The Kier molecular flexibility index (Phi) is 6.04. The van der Waals surface area contributed by atoms with E-state index in [4.69, 9.17) is 16.3 Å². The standard InChI is InChI=1S/C18H16ClF3N4O3S/c1-10(2)30(27,28)14-3-4-16(15(19)9-14)29-13-6-11(7-17-23-25-26-24-17)5-12(8-13)18(20,21)22/h3-6,8-10H,7H2,1-2H3,(H,23,24,25,26). The summed E-state index contributed by atoms with van der Waals surface area (Å²) in [6, 6.07) is 6.99. The van der Waals surface area contributed by atoms with Crippen LogP contribution in [0.5, 0.6) is 11.5 Å². The molecule has 2 aromatic carbocycles. The minimum absolute atomic E-state index is 0.00307. The maximum absolute atomic E-state index is 13.3. The summed E-state index contributed by atoms with van der Waals surface area (Å²) in [6.07, 6.45) is -4.61. The molecule has 0 unspecified atom stereocenters. The van der Waals surface area contributed by atoms with Gasteiger partial charge in [-0.15, -0.1) is 10.2 Å². The average molecular weight is 461 g/mol. The van der Waals surface area contributed by atoms with Gasteiger partial charge < -0.3 is 4.74 Å². The normalized spacial score (nSPS) is 12.4. The molecule has 0 saturated carbocycles. The molecule has 0 aliphatic rings. The van der Waals surface area contributed by atoms with Gasteiger partial charge in [-0.05, 0) is 55.8 Å². The van der Waals surface area contributed by atoms with Crippen molar-refractivity contribution in [3.8, 4) is 11.5 Å². The van der Waals surface area contributed by atoms with Gasteiger partial charge in [0.15, 0.2) is 15.7 Å². The Morgan fingerprint density at radius 1 is 1.17 bits per heavy atom. The van der Waals surface area contributed by atoms with Crippen molar-refractivity contribution in [1.29, 1.82) is 0 Å². The van der Waals surface area contributed by atoms with E-state index in [2.05, 4.69) is 20.6 Å². The van der Waals surface area contributed by atoms with Gasteiger partial charge in [0.05, 0.1) is 20.7 Å². The highest BCUT2D eigenvalue weighted by molar-refractivity contribution is 7.92. The van der Waals surface area contributed by atoms with Crippen LogP contribution >= 0.6 is 11.6 Å². The topological polar surface area (TPSA) is 97.8 Å². The molecule has 0 bridgehead atoms. The van der Waals surface area contributed by atoms with E-state index >= 15 is 0 Å². The van der Waals surface area contributed by atoms with Crippen molar-refractivity contribution in [2.45, 2.75) is 36.6 Å². The molecule has 3 aromatic rings. The van der Waals surface area contributed by atoms with Gasteiger partial charge in [0.1, 0.15) is 11.5 Å². The smallest absolute Gasteiger partial charge is 0.416 e. The van der Waals surface area contributed by atoms with Crippen molar-refractivity contribution in [1.82, 2.24) is 20.6 Å². The third-order valence-electron chi connectivity index (χ3n) is 4.13. The van der Waals surface area contributed by atoms with Gasteiger partial charge >= 0.3 is 6.18 Å². The molecule has 0 saturated heterocycles. The highest BCUT2D eigenvalue weighted by Gasteiger charge is 2.31. The van der Waals surface area contributed by atoms with Gasteiger partial charge in [-0.3, -0.25) is 0 Å². The Hall–Kier alpha value is -2.66. The Balaban J connectivity index is 1.95. The molecular weight excluding hydrogens is 445 g/mol. The van der Waals surface area contributed by atoms with Crippen molar-refractivity contribution in [3.05, 3.63) is 58.4 Å². The number of alkyl halides is 3. The van der Waals surface area contributed by atoms with Gasteiger partial charge in [-0.1, -0.05) is 16.8 Å². The van der Waals surface area contributed by atoms with Crippen LogP contribution in [0.25, 0.3) is 0 Å². The Morgan fingerprint density at radius 3 is 2.47 bits per heavy atom. The fraction of sp³-hybridized carbons (Fsp3) is 0.278. The molecule has 30 heavy (non-hydrogen) atoms. The molecular formula is C18H16ClF3N4O3S. The number of rotatable bonds is 6. The highest BCUT2D eigenvalue weighted by atomic mass is 35.5. The van der Waals surface area contributed by atoms with Crippen LogP contribution in [0.4, 0.5) is 13.2 Å².